The van der Waals surface area contributed by atoms with Crippen LogP contribution in [-0.4, -0.2) is 0 Å². The molecule has 2 aromatic carbocycles. The molecule has 0 aromatic heterocycles. The van der Waals surface area contributed by atoms with Crippen LogP contribution >= 0.6 is 23.5 Å². The van der Waals surface area contributed by atoms with Crippen molar-refractivity contribution in [3.63, 3.8) is 0 Å². The van der Waals surface area contributed by atoms with Crippen LogP contribution in [0.1, 0.15) is 11.1 Å². The highest BCUT2D eigenvalue weighted by atomic mass is 32.2. The van der Waals surface area contributed by atoms with Crippen molar-refractivity contribution in [2.75, 3.05) is 0 Å². The predicted octanol–water partition coefficient (Wildman–Crippen LogP) is 5.41. The average molecular weight is 392 g/mol. The van der Waals surface area contributed by atoms with Crippen LogP contribution in [0.25, 0.3) is 11.1 Å². The maximum absolute atomic E-state index is 9.57. The minimum absolute atomic E-state index is 0.0302. The van der Waals surface area contributed by atoms with Crippen molar-refractivity contribution in [3.05, 3.63) is 80.6 Å². The average Bonchev–Trinajstić information content (AvgIpc) is 3.30. The second-order valence-corrected chi connectivity index (χ2v) is 8.17. The summed E-state index contributed by atoms with van der Waals surface area (Å²) in [6.07, 6.45) is 0. The summed E-state index contributed by atoms with van der Waals surface area (Å²) in [4.78, 5) is 2.13. The second kappa shape index (κ2) is 7.15. The number of rotatable bonds is 0. The molecule has 128 valence electrons. The lowest BCUT2D eigenvalue weighted by atomic mass is 9.98. The third kappa shape index (κ3) is 2.61. The molecule has 0 atom stereocenters. The van der Waals surface area contributed by atoms with E-state index in [0.29, 0.717) is 27.8 Å². The first-order valence-electron chi connectivity index (χ1n) is 8.12. The Kier molecular flexibility index (Phi) is 4.52. The van der Waals surface area contributed by atoms with Gasteiger partial charge in [0.15, 0.2) is 0 Å². The van der Waals surface area contributed by atoms with Gasteiger partial charge in [0.25, 0.3) is 0 Å². The Morgan fingerprint density at radius 2 is 1.00 bits per heavy atom. The normalized spacial score (nSPS) is 13.7. The Morgan fingerprint density at radius 3 is 1.39 bits per heavy atom. The van der Waals surface area contributed by atoms with Crippen molar-refractivity contribution >= 4 is 34.7 Å². The van der Waals surface area contributed by atoms with Gasteiger partial charge in [0.2, 0.25) is 0 Å². The fourth-order valence-electron chi connectivity index (χ4n) is 3.25. The standard InChI is InChI=1S/C22H8N4S2/c23-9-13(10-24)19-15-5-1-2-6-16(15)20(14(11-25)12-26)21(19)22-27-17-7-3-4-8-18(17)28-22/h1-8H. The Morgan fingerprint density at radius 1 is 0.607 bits per heavy atom. The van der Waals surface area contributed by atoms with E-state index in [2.05, 4.69) is 0 Å². The zero-order valence-corrected chi connectivity index (χ0v) is 15.9. The summed E-state index contributed by atoms with van der Waals surface area (Å²) in [7, 11) is 0. The number of hydrogen-bond acceptors (Lipinski definition) is 6. The highest BCUT2D eigenvalue weighted by Gasteiger charge is 2.36. The van der Waals surface area contributed by atoms with Crippen LogP contribution < -0.4 is 0 Å². The Bertz CT molecular complexity index is 1170. The summed E-state index contributed by atoms with van der Waals surface area (Å²) in [5, 5.41) is 38.3. The van der Waals surface area contributed by atoms with Crippen molar-refractivity contribution in [1.29, 1.82) is 21.0 Å². The number of benzene rings is 2. The Balaban J connectivity index is 2.13. The third-order valence-electron chi connectivity index (χ3n) is 4.37. The Labute approximate surface area is 170 Å². The topological polar surface area (TPSA) is 95.2 Å². The monoisotopic (exact) mass is 392 g/mol. The van der Waals surface area contributed by atoms with E-state index in [-0.39, 0.29) is 11.1 Å². The molecule has 0 fully saturated rings. The Hall–Kier alpha value is -3.68. The van der Waals surface area contributed by atoms with Crippen LogP contribution in [-0.2, 0) is 0 Å². The zero-order valence-electron chi connectivity index (χ0n) is 14.2. The number of allylic oxidation sites excluding steroid dienone is 5. The first-order chi connectivity index (χ1) is 13.7. The van der Waals surface area contributed by atoms with Crippen LogP contribution in [0.5, 0.6) is 0 Å². The molecule has 2 aromatic rings. The molecule has 1 heterocycles. The van der Waals surface area contributed by atoms with Gasteiger partial charge >= 0.3 is 0 Å². The first kappa shape index (κ1) is 17.7. The number of fused-ring (bicyclic) bond motifs is 2. The maximum atomic E-state index is 9.57. The maximum Gasteiger partial charge on any atom is 0.138 e. The van der Waals surface area contributed by atoms with Crippen molar-refractivity contribution in [1.82, 2.24) is 0 Å². The molecule has 0 N–H and O–H groups in total. The van der Waals surface area contributed by atoms with Crippen molar-refractivity contribution < 1.29 is 0 Å². The molecule has 2 aliphatic rings. The molecular formula is C22H8N4S2. The molecule has 28 heavy (non-hydrogen) atoms. The van der Waals surface area contributed by atoms with E-state index in [1.54, 1.807) is 0 Å². The third-order valence-corrected chi connectivity index (χ3v) is 6.93. The summed E-state index contributed by atoms with van der Waals surface area (Å²) in [6.45, 7) is 0. The lowest BCUT2D eigenvalue weighted by Crippen LogP contribution is -1.91. The van der Waals surface area contributed by atoms with Gasteiger partial charge < -0.3 is 0 Å². The van der Waals surface area contributed by atoms with Crippen molar-refractivity contribution in [2.45, 2.75) is 9.79 Å². The van der Waals surface area contributed by atoms with Gasteiger partial charge in [-0.15, -0.1) is 0 Å². The minimum atomic E-state index is -0.0302. The number of nitriles is 4. The number of nitrogens with zero attached hydrogens (tertiary/aromatic N) is 4. The summed E-state index contributed by atoms with van der Waals surface area (Å²) >= 11 is 3.05. The summed E-state index contributed by atoms with van der Waals surface area (Å²) in [6, 6.07) is 23.1. The lowest BCUT2D eigenvalue weighted by Gasteiger charge is -2.08. The van der Waals surface area contributed by atoms with E-state index in [1.807, 2.05) is 72.8 Å². The van der Waals surface area contributed by atoms with Gasteiger partial charge in [0, 0.05) is 26.5 Å². The smallest absolute Gasteiger partial charge is 0.138 e. The van der Waals surface area contributed by atoms with E-state index in [0.717, 1.165) is 14.0 Å². The molecule has 4 nitrogen and oxygen atoms in total. The van der Waals surface area contributed by atoms with Gasteiger partial charge in [0.1, 0.15) is 35.4 Å². The molecule has 0 amide bonds. The highest BCUT2D eigenvalue weighted by molar-refractivity contribution is 8.24. The van der Waals surface area contributed by atoms with Crippen LogP contribution in [0.3, 0.4) is 0 Å². The summed E-state index contributed by atoms with van der Waals surface area (Å²) in [5.41, 5.74) is 2.91. The van der Waals surface area contributed by atoms with E-state index >= 15 is 0 Å². The van der Waals surface area contributed by atoms with Crippen LogP contribution in [0.2, 0.25) is 0 Å². The zero-order chi connectivity index (χ0) is 19.7. The fraction of sp³-hybridized carbons (Fsp3) is 0. The van der Waals surface area contributed by atoms with Gasteiger partial charge in [0.05, 0.1) is 4.24 Å². The van der Waals surface area contributed by atoms with Gasteiger partial charge in [-0.2, -0.15) is 21.0 Å². The molecule has 1 aliphatic heterocycles. The molecule has 4 rings (SSSR count). The van der Waals surface area contributed by atoms with E-state index < -0.39 is 0 Å². The van der Waals surface area contributed by atoms with E-state index in [9.17, 15) is 21.0 Å². The molecular weight excluding hydrogens is 384 g/mol. The molecule has 0 spiro atoms. The van der Waals surface area contributed by atoms with Crippen molar-refractivity contribution in [2.24, 2.45) is 0 Å². The van der Waals surface area contributed by atoms with Crippen LogP contribution in [0, 0.1) is 45.3 Å². The quantitative estimate of drug-likeness (QED) is 0.556. The largest absolute Gasteiger partial charge is 0.192 e. The SMILES string of the molecule is N#CC(C#N)=C1C(=C2Sc3ccccc3S2)C(=C(C#N)C#N)c2ccccc21. The molecule has 0 saturated heterocycles. The van der Waals surface area contributed by atoms with Gasteiger partial charge in [-0.1, -0.05) is 59.9 Å². The minimum Gasteiger partial charge on any atom is -0.192 e. The van der Waals surface area contributed by atoms with Crippen LogP contribution in [0.15, 0.2) is 79.3 Å². The fourth-order valence-corrected chi connectivity index (χ4v) is 5.85. The lowest BCUT2D eigenvalue weighted by molar-refractivity contribution is 1.27. The van der Waals surface area contributed by atoms with Crippen molar-refractivity contribution in [3.8, 4) is 24.3 Å². The van der Waals surface area contributed by atoms with Crippen LogP contribution in [0.4, 0.5) is 0 Å². The molecule has 0 unspecified atom stereocenters. The highest BCUT2D eigenvalue weighted by Crippen LogP contribution is 2.59. The van der Waals surface area contributed by atoms with Gasteiger partial charge in [-0.05, 0) is 23.3 Å². The van der Waals surface area contributed by atoms with E-state index in [1.165, 1.54) is 23.5 Å². The molecule has 0 radical (unpaired) electrons. The summed E-state index contributed by atoms with van der Waals surface area (Å²) < 4.78 is 0.855. The number of hydrogen-bond donors (Lipinski definition) is 0. The number of thioether (sulfide) groups is 2. The predicted molar refractivity (Wildman–Crippen MR) is 108 cm³/mol. The van der Waals surface area contributed by atoms with Gasteiger partial charge in [-0.3, -0.25) is 0 Å². The second-order valence-electron chi connectivity index (χ2n) is 5.81. The molecule has 6 heteroatoms. The molecule has 0 saturated carbocycles. The summed E-state index contributed by atoms with van der Waals surface area (Å²) in [5.74, 6) is 0. The van der Waals surface area contributed by atoms with E-state index in [4.69, 9.17) is 0 Å². The molecule has 1 aliphatic carbocycles. The first-order valence-corrected chi connectivity index (χ1v) is 9.75. The molecule has 0 bridgehead atoms. The van der Waals surface area contributed by atoms with Gasteiger partial charge in [-0.25, -0.2) is 0 Å².